The summed E-state index contributed by atoms with van der Waals surface area (Å²) >= 11 is 3.62. The van der Waals surface area contributed by atoms with Gasteiger partial charge in [0.25, 0.3) is 0 Å². The molecule has 1 atom stereocenters. The number of ether oxygens (including phenoxy) is 2. The molecule has 0 saturated heterocycles. The fraction of sp³-hybridized carbons (Fsp3) is 0.321. The number of aliphatic hydroxyl groups is 1. The topological polar surface area (TPSA) is 67.8 Å². The average Bonchev–Trinajstić information content (AvgIpc) is 2.80. The molecule has 0 aromatic heterocycles. The monoisotopic (exact) mass is 525 g/mol. The molecule has 3 rings (SSSR count). The third kappa shape index (κ3) is 7.34. The second-order valence-electron chi connectivity index (χ2n) is 9.10. The van der Waals surface area contributed by atoms with Crippen LogP contribution < -0.4 is 10.1 Å². The predicted molar refractivity (Wildman–Crippen MR) is 139 cm³/mol. The number of aliphatic hydroxyl groups excluding tert-OH is 1. The smallest absolute Gasteiger partial charge is 0.408 e. The molecule has 0 heterocycles. The van der Waals surface area contributed by atoms with E-state index in [-0.39, 0.29) is 6.61 Å². The maximum Gasteiger partial charge on any atom is 0.408 e. The highest BCUT2D eigenvalue weighted by molar-refractivity contribution is 9.10. The molecule has 0 aliphatic rings. The van der Waals surface area contributed by atoms with Crippen molar-refractivity contribution in [1.29, 1.82) is 0 Å². The van der Waals surface area contributed by atoms with Crippen molar-refractivity contribution in [3.05, 3.63) is 87.9 Å². The molecule has 3 aromatic carbocycles. The third-order valence-electron chi connectivity index (χ3n) is 5.20. The maximum absolute atomic E-state index is 12.2. The summed E-state index contributed by atoms with van der Waals surface area (Å²) < 4.78 is 12.4. The lowest BCUT2D eigenvalue weighted by Crippen LogP contribution is -2.36. The average molecular weight is 526 g/mol. The van der Waals surface area contributed by atoms with E-state index in [0.29, 0.717) is 6.61 Å². The number of rotatable bonds is 8. The van der Waals surface area contributed by atoms with Crippen LogP contribution in [0.25, 0.3) is 11.1 Å². The number of hydrogen-bond donors (Lipinski definition) is 2. The fourth-order valence-corrected chi connectivity index (χ4v) is 4.16. The molecule has 0 aliphatic heterocycles. The summed E-state index contributed by atoms with van der Waals surface area (Å²) in [5, 5.41) is 12.7. The van der Waals surface area contributed by atoms with Crippen LogP contribution in [0.5, 0.6) is 5.75 Å². The van der Waals surface area contributed by atoms with Crippen LogP contribution in [0, 0.1) is 0 Å². The van der Waals surface area contributed by atoms with E-state index in [1.165, 1.54) is 5.56 Å². The van der Waals surface area contributed by atoms with E-state index >= 15 is 0 Å². The number of carbonyl (C=O) groups is 1. The van der Waals surface area contributed by atoms with E-state index in [0.717, 1.165) is 38.9 Å². The van der Waals surface area contributed by atoms with Gasteiger partial charge >= 0.3 is 6.09 Å². The number of alkyl carbamates (subject to hydrolysis) is 1. The lowest BCUT2D eigenvalue weighted by atomic mass is 9.98. The van der Waals surface area contributed by atoms with Gasteiger partial charge in [0.05, 0.1) is 12.6 Å². The van der Waals surface area contributed by atoms with Crippen molar-refractivity contribution in [2.75, 3.05) is 6.61 Å². The molecule has 2 N–H and O–H groups in total. The molecule has 0 spiro atoms. The van der Waals surface area contributed by atoms with E-state index in [2.05, 4.69) is 40.3 Å². The highest BCUT2D eigenvalue weighted by Crippen LogP contribution is 2.29. The molecular formula is C28H32BrNO4. The Bertz CT molecular complexity index is 1120. The van der Waals surface area contributed by atoms with Gasteiger partial charge in [-0.25, -0.2) is 4.79 Å². The minimum atomic E-state index is -0.613. The van der Waals surface area contributed by atoms with Crippen molar-refractivity contribution in [2.45, 2.75) is 52.4 Å². The molecule has 6 heteroatoms. The molecule has 180 valence electrons. The summed E-state index contributed by atoms with van der Waals surface area (Å²) in [5.41, 5.74) is 4.37. The predicted octanol–water partition coefficient (Wildman–Crippen LogP) is 6.82. The summed E-state index contributed by atoms with van der Waals surface area (Å²) in [5.74, 6) is 0.896. The standard InChI is InChI=1S/C28H32BrNO4/c1-5-20-9-6-7-12-26(20)33-18-19-13-23(16-24(29)14-19)21-10-8-11-22(15-21)25(17-31)30-27(32)34-28(2,3)4/h6-16,25,31H,5,17-18H2,1-4H3,(H,30,32)/t25-/m1/s1. The molecule has 0 saturated carbocycles. The lowest BCUT2D eigenvalue weighted by molar-refractivity contribution is 0.0482. The Kier molecular flexibility index (Phi) is 8.75. The van der Waals surface area contributed by atoms with Crippen LogP contribution in [0.4, 0.5) is 4.79 Å². The van der Waals surface area contributed by atoms with Crippen molar-refractivity contribution in [2.24, 2.45) is 0 Å². The van der Waals surface area contributed by atoms with E-state index in [9.17, 15) is 9.90 Å². The van der Waals surface area contributed by atoms with E-state index in [4.69, 9.17) is 9.47 Å². The van der Waals surface area contributed by atoms with Gasteiger partial charge in [0.1, 0.15) is 18.0 Å². The van der Waals surface area contributed by atoms with Crippen LogP contribution >= 0.6 is 15.9 Å². The largest absolute Gasteiger partial charge is 0.489 e. The molecule has 0 unspecified atom stereocenters. The first-order valence-electron chi connectivity index (χ1n) is 11.4. The van der Waals surface area contributed by atoms with Gasteiger partial charge in [-0.05, 0) is 85.3 Å². The van der Waals surface area contributed by atoms with Crippen molar-refractivity contribution < 1.29 is 19.4 Å². The molecule has 5 nitrogen and oxygen atoms in total. The minimum Gasteiger partial charge on any atom is -0.489 e. The summed E-state index contributed by atoms with van der Waals surface area (Å²) in [6.07, 6.45) is 0.349. The quantitative estimate of drug-likeness (QED) is 0.338. The zero-order valence-electron chi connectivity index (χ0n) is 20.1. The molecule has 1 amide bonds. The molecule has 0 radical (unpaired) electrons. The number of carbonyl (C=O) groups excluding carboxylic acids is 1. The van der Waals surface area contributed by atoms with Crippen molar-refractivity contribution >= 4 is 22.0 Å². The zero-order chi connectivity index (χ0) is 24.7. The molecule has 3 aromatic rings. The van der Waals surface area contributed by atoms with Gasteiger partial charge < -0.3 is 19.9 Å². The number of hydrogen-bond acceptors (Lipinski definition) is 4. The second kappa shape index (κ2) is 11.5. The van der Waals surface area contributed by atoms with Crippen LogP contribution in [-0.2, 0) is 17.8 Å². The first-order valence-corrected chi connectivity index (χ1v) is 12.2. The Morgan fingerprint density at radius 3 is 2.50 bits per heavy atom. The van der Waals surface area contributed by atoms with Crippen molar-refractivity contribution in [1.82, 2.24) is 5.32 Å². The van der Waals surface area contributed by atoms with E-state index in [1.54, 1.807) is 20.8 Å². The lowest BCUT2D eigenvalue weighted by Gasteiger charge is -2.23. The summed E-state index contributed by atoms with van der Waals surface area (Å²) in [6.45, 7) is 7.73. The van der Waals surface area contributed by atoms with Crippen molar-refractivity contribution in [3.8, 4) is 16.9 Å². The molecular weight excluding hydrogens is 494 g/mol. The van der Waals surface area contributed by atoms with Gasteiger partial charge in [-0.1, -0.05) is 59.3 Å². The number of nitrogens with one attached hydrogen (secondary N) is 1. The summed E-state index contributed by atoms with van der Waals surface area (Å²) in [4.78, 5) is 12.2. The van der Waals surface area contributed by atoms with Gasteiger partial charge in [0.15, 0.2) is 0 Å². The first kappa shape index (κ1) is 25.8. The van der Waals surface area contributed by atoms with Gasteiger partial charge in [-0.15, -0.1) is 0 Å². The molecule has 0 fully saturated rings. The van der Waals surface area contributed by atoms with Crippen LogP contribution in [-0.4, -0.2) is 23.4 Å². The Balaban J connectivity index is 1.80. The van der Waals surface area contributed by atoms with Crippen LogP contribution in [0.2, 0.25) is 0 Å². The normalized spacial score (nSPS) is 12.2. The third-order valence-corrected chi connectivity index (χ3v) is 5.66. The molecule has 0 aliphatic carbocycles. The van der Waals surface area contributed by atoms with E-state index in [1.807, 2.05) is 54.6 Å². The Morgan fingerprint density at radius 1 is 1.03 bits per heavy atom. The van der Waals surface area contributed by atoms with Crippen LogP contribution in [0.1, 0.15) is 50.4 Å². The number of aryl methyl sites for hydroxylation is 1. The number of benzene rings is 3. The van der Waals surface area contributed by atoms with Gasteiger partial charge in [0, 0.05) is 4.47 Å². The first-order chi connectivity index (χ1) is 16.2. The number of halogens is 1. The molecule has 0 bridgehead atoms. The number of para-hydroxylation sites is 1. The Labute approximate surface area is 210 Å². The highest BCUT2D eigenvalue weighted by Gasteiger charge is 2.20. The zero-order valence-corrected chi connectivity index (χ0v) is 21.7. The minimum absolute atomic E-state index is 0.239. The highest BCUT2D eigenvalue weighted by atomic mass is 79.9. The van der Waals surface area contributed by atoms with E-state index < -0.39 is 17.7 Å². The summed E-state index contributed by atoms with van der Waals surface area (Å²) in [6, 6.07) is 21.4. The van der Waals surface area contributed by atoms with Crippen LogP contribution in [0.15, 0.2) is 71.2 Å². The van der Waals surface area contributed by atoms with Crippen molar-refractivity contribution in [3.63, 3.8) is 0 Å². The maximum atomic E-state index is 12.2. The van der Waals surface area contributed by atoms with Gasteiger partial charge in [-0.2, -0.15) is 0 Å². The summed E-state index contributed by atoms with van der Waals surface area (Å²) in [7, 11) is 0. The Morgan fingerprint density at radius 2 is 1.79 bits per heavy atom. The SMILES string of the molecule is CCc1ccccc1OCc1cc(Br)cc(-c2cccc([C@@H](CO)NC(=O)OC(C)(C)C)c2)c1. The van der Waals surface area contributed by atoms with Crippen LogP contribution in [0.3, 0.4) is 0 Å². The fourth-order valence-electron chi connectivity index (χ4n) is 3.62. The number of amides is 1. The Hall–Kier alpha value is -2.83. The second-order valence-corrected chi connectivity index (χ2v) is 10.0. The van der Waals surface area contributed by atoms with Gasteiger partial charge in [-0.3, -0.25) is 0 Å². The van der Waals surface area contributed by atoms with Gasteiger partial charge in [0.2, 0.25) is 0 Å². The molecule has 34 heavy (non-hydrogen) atoms.